The molecule has 80 valence electrons. The van der Waals surface area contributed by atoms with Gasteiger partial charge in [-0.05, 0) is 25.1 Å². The third-order valence-electron chi connectivity index (χ3n) is 1.49. The first-order valence-electron chi connectivity index (χ1n) is 4.30. The third kappa shape index (κ3) is 6.21. The molecule has 15 heavy (non-hydrogen) atoms. The van der Waals surface area contributed by atoms with Gasteiger partial charge in [-0.25, -0.2) is 0 Å². The lowest BCUT2D eigenvalue weighted by Crippen LogP contribution is -1.98. The highest BCUT2D eigenvalue weighted by Crippen LogP contribution is 1.86. The largest absolute Gasteiger partial charge is 0.329 e. The summed E-state index contributed by atoms with van der Waals surface area (Å²) in [6.07, 6.45) is 3.39. The molecule has 0 fully saturated rings. The summed E-state index contributed by atoms with van der Waals surface area (Å²) in [5, 5.41) is 0. The summed E-state index contributed by atoms with van der Waals surface area (Å²) in [5.41, 5.74) is 1.02. The van der Waals surface area contributed by atoms with E-state index in [1.165, 1.54) is 6.07 Å². The fourth-order valence-corrected chi connectivity index (χ4v) is 0.825. The van der Waals surface area contributed by atoms with Crippen molar-refractivity contribution in [1.29, 1.82) is 0 Å². The van der Waals surface area contributed by atoms with E-state index in [2.05, 4.69) is 9.97 Å². The van der Waals surface area contributed by atoms with Crippen molar-refractivity contribution in [2.75, 3.05) is 0 Å². The maximum atomic E-state index is 10.2. The van der Waals surface area contributed by atoms with Crippen molar-refractivity contribution in [3.05, 3.63) is 64.8 Å². The van der Waals surface area contributed by atoms with Crippen molar-refractivity contribution >= 4 is 0 Å². The normalized spacial score (nSPS) is 8.07. The lowest BCUT2D eigenvalue weighted by atomic mass is 10.4. The number of aryl methyl sites for hydroxylation is 1. The van der Waals surface area contributed by atoms with Crippen molar-refractivity contribution in [2.45, 2.75) is 14.4 Å². The third-order valence-corrected chi connectivity index (χ3v) is 1.49. The standard InChI is InChI=1S/C6H7N.C5H5NO.CH4/c1-6-4-2-3-5-7-6;7-5-3-1-2-4-6-5;/h2-5H,1H3;1-4H,(H,6,7);1H4. The highest BCUT2D eigenvalue weighted by atomic mass is 16.1. The van der Waals surface area contributed by atoms with E-state index >= 15 is 0 Å². The molecular weight excluding hydrogens is 188 g/mol. The number of H-pyrrole nitrogens is 1. The molecule has 1 N–H and O–H groups in total. The molecule has 3 heteroatoms. The van der Waals surface area contributed by atoms with Gasteiger partial charge in [0.25, 0.3) is 0 Å². The Labute approximate surface area is 89.8 Å². The van der Waals surface area contributed by atoms with E-state index in [4.69, 9.17) is 0 Å². The summed E-state index contributed by atoms with van der Waals surface area (Å²) in [6.45, 7) is 1.97. The summed E-state index contributed by atoms with van der Waals surface area (Å²) < 4.78 is 0. The minimum Gasteiger partial charge on any atom is -0.329 e. The first-order chi connectivity index (χ1) is 6.79. The quantitative estimate of drug-likeness (QED) is 0.716. The zero-order chi connectivity index (χ0) is 10.2. The second-order valence-corrected chi connectivity index (χ2v) is 2.70. The molecule has 2 rings (SSSR count). The topological polar surface area (TPSA) is 45.8 Å². The molecule has 2 heterocycles. The van der Waals surface area contributed by atoms with Gasteiger partial charge in [-0.2, -0.15) is 0 Å². The van der Waals surface area contributed by atoms with Crippen LogP contribution in [0.5, 0.6) is 0 Å². The van der Waals surface area contributed by atoms with E-state index in [0.29, 0.717) is 0 Å². The van der Waals surface area contributed by atoms with E-state index in [1.807, 2.05) is 25.1 Å². The first kappa shape index (κ1) is 13.1. The number of nitrogens with one attached hydrogen (secondary N) is 1. The Balaban J connectivity index is 0.000000245. The highest BCUT2D eigenvalue weighted by molar-refractivity contribution is 4.99. The summed E-state index contributed by atoms with van der Waals surface area (Å²) in [7, 11) is 0. The molecule has 3 nitrogen and oxygen atoms in total. The predicted molar refractivity (Wildman–Crippen MR) is 62.8 cm³/mol. The second-order valence-electron chi connectivity index (χ2n) is 2.70. The van der Waals surface area contributed by atoms with Crippen LogP contribution in [-0.2, 0) is 0 Å². The Bertz CT molecular complexity index is 392. The van der Waals surface area contributed by atoms with Crippen LogP contribution in [0.3, 0.4) is 0 Å². The van der Waals surface area contributed by atoms with Crippen molar-refractivity contribution in [2.24, 2.45) is 0 Å². The van der Waals surface area contributed by atoms with Crippen molar-refractivity contribution in [3.8, 4) is 0 Å². The smallest absolute Gasteiger partial charge is 0.247 e. The molecule has 0 amide bonds. The molecule has 2 aromatic rings. The zero-order valence-corrected chi connectivity index (χ0v) is 7.97. The number of nitrogens with zero attached hydrogens (tertiary/aromatic N) is 1. The molecule has 0 atom stereocenters. The summed E-state index contributed by atoms with van der Waals surface area (Å²) >= 11 is 0. The van der Waals surface area contributed by atoms with Crippen LogP contribution in [0, 0.1) is 6.92 Å². The van der Waals surface area contributed by atoms with Crippen molar-refractivity contribution in [3.63, 3.8) is 0 Å². The van der Waals surface area contributed by atoms with Gasteiger partial charge < -0.3 is 4.98 Å². The van der Waals surface area contributed by atoms with Gasteiger partial charge in [0.05, 0.1) is 0 Å². The van der Waals surface area contributed by atoms with Crippen LogP contribution in [0.1, 0.15) is 13.1 Å². The Morgan fingerprint density at radius 3 is 2.13 bits per heavy atom. The van der Waals surface area contributed by atoms with E-state index in [0.717, 1.165) is 5.69 Å². The molecule has 2 aromatic heterocycles. The number of hydrogen-bond acceptors (Lipinski definition) is 2. The van der Waals surface area contributed by atoms with E-state index in [-0.39, 0.29) is 13.0 Å². The summed E-state index contributed by atoms with van der Waals surface area (Å²) in [4.78, 5) is 16.7. The molecule has 0 unspecified atom stereocenters. The van der Waals surface area contributed by atoms with Gasteiger partial charge >= 0.3 is 0 Å². The van der Waals surface area contributed by atoms with Crippen LogP contribution in [-0.4, -0.2) is 9.97 Å². The summed E-state index contributed by atoms with van der Waals surface area (Å²) in [6, 6.07) is 10.8. The molecule has 0 spiro atoms. The molecule has 0 aliphatic carbocycles. The molecule has 0 radical (unpaired) electrons. The Morgan fingerprint density at radius 1 is 1.13 bits per heavy atom. The fraction of sp³-hybridized carbons (Fsp3) is 0.167. The van der Waals surface area contributed by atoms with E-state index in [9.17, 15) is 4.79 Å². The Kier molecular flexibility index (Phi) is 6.55. The predicted octanol–water partition coefficient (Wildman–Crippen LogP) is 2.40. The van der Waals surface area contributed by atoms with Gasteiger partial charge in [0.2, 0.25) is 5.56 Å². The summed E-state index contributed by atoms with van der Waals surface area (Å²) in [5.74, 6) is 0. The van der Waals surface area contributed by atoms with E-state index < -0.39 is 0 Å². The van der Waals surface area contributed by atoms with Gasteiger partial charge in [0.1, 0.15) is 0 Å². The van der Waals surface area contributed by atoms with Crippen LogP contribution < -0.4 is 5.56 Å². The number of aromatic nitrogens is 2. The van der Waals surface area contributed by atoms with Gasteiger partial charge in [0, 0.05) is 24.2 Å². The maximum Gasteiger partial charge on any atom is 0.247 e. The molecule has 0 aliphatic rings. The zero-order valence-electron chi connectivity index (χ0n) is 7.97. The monoisotopic (exact) mass is 204 g/mol. The van der Waals surface area contributed by atoms with Crippen molar-refractivity contribution < 1.29 is 0 Å². The van der Waals surface area contributed by atoms with Crippen molar-refractivity contribution in [1.82, 2.24) is 9.97 Å². The Morgan fingerprint density at radius 2 is 1.87 bits per heavy atom. The second kappa shape index (κ2) is 7.50. The lowest BCUT2D eigenvalue weighted by Gasteiger charge is -1.82. The van der Waals surface area contributed by atoms with Crippen LogP contribution in [0.25, 0.3) is 0 Å². The van der Waals surface area contributed by atoms with E-state index in [1.54, 1.807) is 24.5 Å². The minimum absolute atomic E-state index is 0. The molecular formula is C12H16N2O. The van der Waals surface area contributed by atoms with Crippen LogP contribution in [0.4, 0.5) is 0 Å². The highest BCUT2D eigenvalue weighted by Gasteiger charge is 1.73. The van der Waals surface area contributed by atoms with Crippen LogP contribution in [0.15, 0.2) is 53.6 Å². The molecule has 0 saturated carbocycles. The van der Waals surface area contributed by atoms with Gasteiger partial charge in [-0.15, -0.1) is 0 Å². The maximum absolute atomic E-state index is 10.2. The molecule has 0 saturated heterocycles. The Hall–Kier alpha value is -1.90. The van der Waals surface area contributed by atoms with Crippen LogP contribution >= 0.6 is 0 Å². The minimum atomic E-state index is -0.0532. The SMILES string of the molecule is C.Cc1ccccn1.O=c1cccc[nH]1. The average Bonchev–Trinajstić information content (AvgIpc) is 2.21. The van der Waals surface area contributed by atoms with Gasteiger partial charge in [-0.3, -0.25) is 9.78 Å². The number of pyridine rings is 2. The number of aromatic amines is 1. The lowest BCUT2D eigenvalue weighted by molar-refractivity contribution is 1.20. The molecule has 0 aliphatic heterocycles. The number of rotatable bonds is 0. The van der Waals surface area contributed by atoms with Crippen LogP contribution in [0.2, 0.25) is 0 Å². The molecule has 0 aromatic carbocycles. The van der Waals surface area contributed by atoms with Gasteiger partial charge in [-0.1, -0.05) is 19.6 Å². The first-order valence-corrected chi connectivity index (χ1v) is 4.30. The fourth-order valence-electron chi connectivity index (χ4n) is 0.825. The number of hydrogen-bond donors (Lipinski definition) is 1. The van der Waals surface area contributed by atoms with Gasteiger partial charge in [0.15, 0.2) is 0 Å². The molecule has 0 bridgehead atoms. The average molecular weight is 204 g/mol.